The van der Waals surface area contributed by atoms with Gasteiger partial charge in [0.1, 0.15) is 0 Å². The first-order chi connectivity index (χ1) is 18.0. The van der Waals surface area contributed by atoms with Gasteiger partial charge in [-0.1, -0.05) is 119 Å². The molecule has 0 bridgehead atoms. The van der Waals surface area contributed by atoms with Gasteiger partial charge in [-0.05, 0) is 62.2 Å². The number of rotatable bonds is 20. The zero-order valence-electron chi connectivity index (χ0n) is 26.3. The standard InChI is InChI=1S/C34H64O4/c1-33(2,3)25-17-13-9-7-11-15-19-27-37-31(35)29-21-23-30(24-22-29)32(36)38-28-20-16-12-8-10-14-18-26-34(4,5)6/h29-30H,7-28H2,1-6H3. The molecule has 0 amide bonds. The minimum Gasteiger partial charge on any atom is -0.465 e. The van der Waals surface area contributed by atoms with Crippen LogP contribution in [0.1, 0.15) is 170 Å². The molecule has 0 N–H and O–H groups in total. The Labute approximate surface area is 236 Å². The molecule has 224 valence electrons. The molecule has 0 unspecified atom stereocenters. The van der Waals surface area contributed by atoms with E-state index in [1.807, 2.05) is 0 Å². The van der Waals surface area contributed by atoms with Gasteiger partial charge < -0.3 is 9.47 Å². The van der Waals surface area contributed by atoms with Crippen molar-refractivity contribution in [1.82, 2.24) is 0 Å². The Hall–Kier alpha value is -1.06. The fourth-order valence-corrected chi connectivity index (χ4v) is 5.43. The molecule has 0 saturated heterocycles. The van der Waals surface area contributed by atoms with Crippen LogP contribution in [0, 0.1) is 22.7 Å². The molecule has 0 aromatic heterocycles. The Morgan fingerprint density at radius 1 is 0.474 bits per heavy atom. The second-order valence-electron chi connectivity index (χ2n) is 14.5. The summed E-state index contributed by atoms with van der Waals surface area (Å²) in [7, 11) is 0. The average Bonchev–Trinajstić information content (AvgIpc) is 2.84. The highest BCUT2D eigenvalue weighted by atomic mass is 16.5. The maximum absolute atomic E-state index is 12.4. The van der Waals surface area contributed by atoms with E-state index in [1.54, 1.807) is 0 Å². The Morgan fingerprint density at radius 2 is 0.737 bits per heavy atom. The van der Waals surface area contributed by atoms with Gasteiger partial charge in [-0.25, -0.2) is 0 Å². The van der Waals surface area contributed by atoms with Crippen molar-refractivity contribution in [2.75, 3.05) is 13.2 Å². The van der Waals surface area contributed by atoms with Crippen molar-refractivity contribution in [3.63, 3.8) is 0 Å². The molecule has 0 spiro atoms. The molecule has 1 rings (SSSR count). The van der Waals surface area contributed by atoms with Crippen LogP contribution < -0.4 is 0 Å². The molecule has 0 atom stereocenters. The zero-order valence-corrected chi connectivity index (χ0v) is 26.3. The molecule has 1 fully saturated rings. The predicted octanol–water partition coefficient (Wildman–Crippen LogP) is 10.2. The van der Waals surface area contributed by atoms with Gasteiger partial charge in [-0.15, -0.1) is 0 Å². The lowest BCUT2D eigenvalue weighted by molar-refractivity contribution is -0.155. The monoisotopic (exact) mass is 536 g/mol. The van der Waals surface area contributed by atoms with E-state index in [0.717, 1.165) is 51.4 Å². The minimum atomic E-state index is -0.0580. The summed E-state index contributed by atoms with van der Waals surface area (Å²) in [6.45, 7) is 15.0. The lowest BCUT2D eigenvalue weighted by Crippen LogP contribution is -2.28. The van der Waals surface area contributed by atoms with Gasteiger partial charge in [-0.2, -0.15) is 0 Å². The van der Waals surface area contributed by atoms with E-state index in [-0.39, 0.29) is 23.8 Å². The molecule has 0 radical (unpaired) electrons. The molecule has 0 aliphatic heterocycles. The van der Waals surface area contributed by atoms with E-state index in [9.17, 15) is 9.59 Å². The first-order valence-corrected chi connectivity index (χ1v) is 16.3. The number of carbonyl (C=O) groups is 2. The first-order valence-electron chi connectivity index (χ1n) is 16.3. The van der Waals surface area contributed by atoms with Crippen LogP contribution in [-0.2, 0) is 19.1 Å². The van der Waals surface area contributed by atoms with Crippen molar-refractivity contribution in [2.24, 2.45) is 22.7 Å². The van der Waals surface area contributed by atoms with E-state index in [2.05, 4.69) is 41.5 Å². The SMILES string of the molecule is CC(C)(C)CCCCCCCCCOC(=O)C1CCC(C(=O)OCCCCCCCCCC(C)(C)C)CC1. The van der Waals surface area contributed by atoms with Crippen LogP contribution in [0.3, 0.4) is 0 Å². The van der Waals surface area contributed by atoms with Crippen LogP contribution in [0.25, 0.3) is 0 Å². The molecule has 1 aliphatic carbocycles. The summed E-state index contributed by atoms with van der Waals surface area (Å²) in [5, 5.41) is 0. The van der Waals surface area contributed by atoms with Crippen LogP contribution in [-0.4, -0.2) is 25.2 Å². The number of hydrogen-bond acceptors (Lipinski definition) is 4. The third-order valence-electron chi connectivity index (χ3n) is 8.02. The number of esters is 2. The molecular weight excluding hydrogens is 472 g/mol. The van der Waals surface area contributed by atoms with Gasteiger partial charge in [0.05, 0.1) is 25.0 Å². The minimum absolute atomic E-state index is 0.0368. The van der Waals surface area contributed by atoms with Crippen LogP contribution in [0.4, 0.5) is 0 Å². The van der Waals surface area contributed by atoms with Crippen molar-refractivity contribution in [3.8, 4) is 0 Å². The number of carbonyl (C=O) groups excluding carboxylic acids is 2. The Balaban J connectivity index is 1.95. The Bertz CT molecular complexity index is 551. The Morgan fingerprint density at radius 3 is 1.03 bits per heavy atom. The molecule has 1 aliphatic rings. The van der Waals surface area contributed by atoms with Crippen molar-refractivity contribution >= 4 is 11.9 Å². The van der Waals surface area contributed by atoms with E-state index < -0.39 is 0 Å². The number of hydrogen-bond donors (Lipinski definition) is 0. The summed E-state index contributed by atoms with van der Waals surface area (Å²) in [4.78, 5) is 24.8. The molecular formula is C34H64O4. The highest BCUT2D eigenvalue weighted by Gasteiger charge is 2.31. The topological polar surface area (TPSA) is 52.6 Å². The molecule has 4 nitrogen and oxygen atoms in total. The van der Waals surface area contributed by atoms with Crippen LogP contribution in [0.2, 0.25) is 0 Å². The highest BCUT2D eigenvalue weighted by molar-refractivity contribution is 5.75. The third kappa shape index (κ3) is 19.9. The fourth-order valence-electron chi connectivity index (χ4n) is 5.43. The average molecular weight is 537 g/mol. The first kappa shape index (κ1) is 35.0. The van der Waals surface area contributed by atoms with Gasteiger partial charge in [0.2, 0.25) is 0 Å². The summed E-state index contributed by atoms with van der Waals surface area (Å²) in [5.74, 6) is -0.190. The largest absolute Gasteiger partial charge is 0.465 e. The normalized spacial score (nSPS) is 18.4. The molecule has 0 aromatic carbocycles. The van der Waals surface area contributed by atoms with E-state index in [1.165, 1.54) is 77.0 Å². The van der Waals surface area contributed by atoms with Gasteiger partial charge >= 0.3 is 11.9 Å². The lowest BCUT2D eigenvalue weighted by atomic mass is 9.82. The number of ether oxygens (including phenoxy) is 2. The fraction of sp³-hybridized carbons (Fsp3) is 0.941. The van der Waals surface area contributed by atoms with Crippen molar-refractivity contribution < 1.29 is 19.1 Å². The Kier molecular flexibility index (Phi) is 18.3. The number of unbranched alkanes of at least 4 members (excludes halogenated alkanes) is 12. The summed E-state index contributed by atoms with van der Waals surface area (Å²) < 4.78 is 11.1. The summed E-state index contributed by atoms with van der Waals surface area (Å²) >= 11 is 0. The zero-order chi connectivity index (χ0) is 28.3. The van der Waals surface area contributed by atoms with Crippen molar-refractivity contribution in [2.45, 2.75) is 170 Å². The van der Waals surface area contributed by atoms with Crippen molar-refractivity contribution in [1.29, 1.82) is 0 Å². The third-order valence-corrected chi connectivity index (χ3v) is 8.02. The second-order valence-corrected chi connectivity index (χ2v) is 14.5. The van der Waals surface area contributed by atoms with E-state index in [4.69, 9.17) is 9.47 Å². The quantitative estimate of drug-likeness (QED) is 0.115. The van der Waals surface area contributed by atoms with E-state index >= 15 is 0 Å². The molecule has 0 heterocycles. The lowest BCUT2D eigenvalue weighted by Gasteiger charge is -2.26. The molecule has 4 heteroatoms. The smallest absolute Gasteiger partial charge is 0.308 e. The van der Waals surface area contributed by atoms with Gasteiger partial charge in [0.25, 0.3) is 0 Å². The maximum Gasteiger partial charge on any atom is 0.308 e. The van der Waals surface area contributed by atoms with Crippen LogP contribution >= 0.6 is 0 Å². The summed E-state index contributed by atoms with van der Waals surface area (Å²) in [6.07, 6.45) is 22.9. The predicted molar refractivity (Wildman–Crippen MR) is 160 cm³/mol. The van der Waals surface area contributed by atoms with E-state index in [0.29, 0.717) is 24.0 Å². The van der Waals surface area contributed by atoms with Gasteiger partial charge in [0, 0.05) is 0 Å². The van der Waals surface area contributed by atoms with Crippen LogP contribution in [0.15, 0.2) is 0 Å². The van der Waals surface area contributed by atoms with Gasteiger partial charge in [0.15, 0.2) is 0 Å². The molecule has 1 saturated carbocycles. The van der Waals surface area contributed by atoms with Crippen LogP contribution in [0.5, 0.6) is 0 Å². The molecule has 0 aromatic rings. The second kappa shape index (κ2) is 19.9. The summed E-state index contributed by atoms with van der Waals surface area (Å²) in [6, 6.07) is 0. The maximum atomic E-state index is 12.4. The highest BCUT2D eigenvalue weighted by Crippen LogP contribution is 2.31. The summed E-state index contributed by atoms with van der Waals surface area (Å²) in [5.41, 5.74) is 0.911. The molecule has 38 heavy (non-hydrogen) atoms. The van der Waals surface area contributed by atoms with Gasteiger partial charge in [-0.3, -0.25) is 9.59 Å². The van der Waals surface area contributed by atoms with Crippen molar-refractivity contribution in [3.05, 3.63) is 0 Å².